The van der Waals surface area contributed by atoms with Crippen LogP contribution in [-0.2, 0) is 5.54 Å². The molecule has 1 aromatic rings. The Morgan fingerprint density at radius 3 is 2.89 bits per heavy atom. The number of nitrogens with zero attached hydrogens (tertiary/aromatic N) is 2. The van der Waals surface area contributed by atoms with Crippen LogP contribution in [0.1, 0.15) is 64.6 Å². The van der Waals surface area contributed by atoms with Crippen molar-refractivity contribution in [2.24, 2.45) is 5.92 Å². The Bertz CT molecular complexity index is 381. The first-order valence-corrected chi connectivity index (χ1v) is 7.29. The quantitative estimate of drug-likeness (QED) is 0.885. The van der Waals surface area contributed by atoms with Gasteiger partial charge in [-0.1, -0.05) is 26.2 Å². The fraction of sp³-hybridized carbons (Fsp3) is 0.800. The van der Waals surface area contributed by atoms with E-state index in [9.17, 15) is 0 Å². The van der Waals surface area contributed by atoms with E-state index in [0.717, 1.165) is 5.92 Å². The summed E-state index contributed by atoms with van der Waals surface area (Å²) in [4.78, 5) is 4.39. The Kier molecular flexibility index (Phi) is 4.10. The monoisotopic (exact) mass is 249 g/mol. The number of imidazole rings is 1. The van der Waals surface area contributed by atoms with Crippen molar-refractivity contribution in [1.82, 2.24) is 14.9 Å². The minimum absolute atomic E-state index is 0.00431. The summed E-state index contributed by atoms with van der Waals surface area (Å²) in [6.07, 6.45) is 10.8. The lowest BCUT2D eigenvalue weighted by Gasteiger charge is -2.34. The van der Waals surface area contributed by atoms with Gasteiger partial charge in [-0.2, -0.15) is 0 Å². The first-order valence-electron chi connectivity index (χ1n) is 7.29. The molecule has 1 aliphatic rings. The highest BCUT2D eigenvalue weighted by Crippen LogP contribution is 2.36. The highest BCUT2D eigenvalue weighted by atomic mass is 15.1. The molecule has 18 heavy (non-hydrogen) atoms. The van der Waals surface area contributed by atoms with Crippen molar-refractivity contribution in [3.05, 3.63) is 18.2 Å². The van der Waals surface area contributed by atoms with Crippen LogP contribution in [0.15, 0.2) is 12.5 Å². The van der Waals surface area contributed by atoms with E-state index in [1.165, 1.54) is 37.8 Å². The van der Waals surface area contributed by atoms with Gasteiger partial charge in [0.25, 0.3) is 0 Å². The number of nitrogens with one attached hydrogen (secondary N) is 1. The highest BCUT2D eigenvalue weighted by molar-refractivity contribution is 5.12. The number of hydrogen-bond acceptors (Lipinski definition) is 2. The Labute approximate surface area is 111 Å². The first-order chi connectivity index (χ1) is 8.58. The third-order valence-electron chi connectivity index (χ3n) is 4.66. The summed E-state index contributed by atoms with van der Waals surface area (Å²) in [7, 11) is 2.02. The maximum Gasteiger partial charge on any atom is 0.0951 e. The maximum atomic E-state index is 4.39. The third kappa shape index (κ3) is 2.61. The topological polar surface area (TPSA) is 29.9 Å². The van der Waals surface area contributed by atoms with Gasteiger partial charge in [-0.15, -0.1) is 0 Å². The molecule has 2 unspecified atom stereocenters. The van der Waals surface area contributed by atoms with Crippen molar-refractivity contribution in [2.75, 3.05) is 7.05 Å². The van der Waals surface area contributed by atoms with Crippen LogP contribution in [0.2, 0.25) is 0 Å². The van der Waals surface area contributed by atoms with E-state index in [0.29, 0.717) is 6.04 Å². The maximum absolute atomic E-state index is 4.39. The lowest BCUT2D eigenvalue weighted by molar-refractivity contribution is 0.248. The number of hydrogen-bond donors (Lipinski definition) is 1. The van der Waals surface area contributed by atoms with E-state index in [4.69, 9.17) is 0 Å². The van der Waals surface area contributed by atoms with Gasteiger partial charge in [0.15, 0.2) is 0 Å². The van der Waals surface area contributed by atoms with Crippen LogP contribution in [-0.4, -0.2) is 16.6 Å². The Morgan fingerprint density at radius 1 is 1.44 bits per heavy atom. The van der Waals surface area contributed by atoms with Crippen molar-refractivity contribution in [3.63, 3.8) is 0 Å². The van der Waals surface area contributed by atoms with Gasteiger partial charge in [0, 0.05) is 6.04 Å². The molecule has 0 spiro atoms. The van der Waals surface area contributed by atoms with Gasteiger partial charge in [0.2, 0.25) is 0 Å². The summed E-state index contributed by atoms with van der Waals surface area (Å²) in [5.74, 6) is 0.900. The summed E-state index contributed by atoms with van der Waals surface area (Å²) >= 11 is 0. The molecular weight excluding hydrogens is 222 g/mol. The molecule has 1 saturated carbocycles. The Morgan fingerprint density at radius 2 is 2.22 bits per heavy atom. The molecule has 0 saturated heterocycles. The second kappa shape index (κ2) is 5.43. The van der Waals surface area contributed by atoms with Gasteiger partial charge in [-0.25, -0.2) is 4.98 Å². The van der Waals surface area contributed by atoms with Gasteiger partial charge in [0.05, 0.1) is 23.8 Å². The standard InChI is InChI=1S/C15H27N3/c1-5-12-7-6-8-13(9-12)18-11-17-10-14(18)15(2,3)16-4/h10-13,16H,5-9H2,1-4H3. The highest BCUT2D eigenvalue weighted by Gasteiger charge is 2.28. The second-order valence-corrected chi connectivity index (χ2v) is 6.16. The third-order valence-corrected chi connectivity index (χ3v) is 4.66. The molecule has 1 heterocycles. The molecule has 3 heteroatoms. The fourth-order valence-corrected chi connectivity index (χ4v) is 3.09. The van der Waals surface area contributed by atoms with Crippen LogP contribution in [0.25, 0.3) is 0 Å². The lowest BCUT2D eigenvalue weighted by atomic mass is 9.83. The summed E-state index contributed by atoms with van der Waals surface area (Å²) in [5, 5.41) is 3.39. The molecule has 1 aliphatic carbocycles. The van der Waals surface area contributed by atoms with E-state index in [2.05, 4.69) is 35.6 Å². The van der Waals surface area contributed by atoms with Gasteiger partial charge >= 0.3 is 0 Å². The molecule has 1 fully saturated rings. The molecule has 1 aromatic heterocycles. The van der Waals surface area contributed by atoms with Crippen LogP contribution in [0.3, 0.4) is 0 Å². The molecule has 102 valence electrons. The van der Waals surface area contributed by atoms with Crippen molar-refractivity contribution in [3.8, 4) is 0 Å². The van der Waals surface area contributed by atoms with E-state index in [1.807, 2.05) is 19.6 Å². The smallest absolute Gasteiger partial charge is 0.0951 e. The first kappa shape index (κ1) is 13.6. The van der Waals surface area contributed by atoms with E-state index < -0.39 is 0 Å². The average Bonchev–Trinajstić information content (AvgIpc) is 2.89. The molecule has 0 bridgehead atoms. The number of rotatable bonds is 4. The molecule has 2 atom stereocenters. The molecule has 0 radical (unpaired) electrons. The van der Waals surface area contributed by atoms with Gasteiger partial charge < -0.3 is 9.88 Å². The fourth-order valence-electron chi connectivity index (χ4n) is 3.09. The number of aromatic nitrogens is 2. The normalized spacial score (nSPS) is 25.3. The minimum atomic E-state index is -0.00431. The summed E-state index contributed by atoms with van der Waals surface area (Å²) in [6, 6.07) is 0.647. The van der Waals surface area contributed by atoms with E-state index in [-0.39, 0.29) is 5.54 Å². The van der Waals surface area contributed by atoms with Crippen molar-refractivity contribution >= 4 is 0 Å². The SMILES string of the molecule is CCC1CCCC(n2cncc2C(C)(C)NC)C1. The van der Waals surface area contributed by atoms with Crippen molar-refractivity contribution < 1.29 is 0 Å². The zero-order valence-corrected chi connectivity index (χ0v) is 12.2. The molecule has 0 aliphatic heterocycles. The largest absolute Gasteiger partial charge is 0.330 e. The Hall–Kier alpha value is -0.830. The molecule has 1 N–H and O–H groups in total. The van der Waals surface area contributed by atoms with Crippen LogP contribution < -0.4 is 5.32 Å². The Balaban J connectivity index is 2.21. The van der Waals surface area contributed by atoms with E-state index >= 15 is 0 Å². The molecule has 0 aromatic carbocycles. The van der Waals surface area contributed by atoms with Crippen molar-refractivity contribution in [1.29, 1.82) is 0 Å². The van der Waals surface area contributed by atoms with Crippen LogP contribution >= 0.6 is 0 Å². The molecule has 0 amide bonds. The second-order valence-electron chi connectivity index (χ2n) is 6.16. The van der Waals surface area contributed by atoms with Crippen LogP contribution in [0, 0.1) is 5.92 Å². The van der Waals surface area contributed by atoms with E-state index in [1.54, 1.807) is 0 Å². The van der Waals surface area contributed by atoms with Gasteiger partial charge in [-0.05, 0) is 39.7 Å². The van der Waals surface area contributed by atoms with Crippen LogP contribution in [0.4, 0.5) is 0 Å². The molecule has 3 nitrogen and oxygen atoms in total. The summed E-state index contributed by atoms with van der Waals surface area (Å²) < 4.78 is 2.42. The average molecular weight is 249 g/mol. The van der Waals surface area contributed by atoms with Gasteiger partial charge in [-0.3, -0.25) is 0 Å². The van der Waals surface area contributed by atoms with Gasteiger partial charge in [0.1, 0.15) is 0 Å². The van der Waals surface area contributed by atoms with Crippen LogP contribution in [0.5, 0.6) is 0 Å². The molecular formula is C15H27N3. The molecule has 2 rings (SSSR count). The zero-order valence-electron chi connectivity index (χ0n) is 12.2. The summed E-state index contributed by atoms with van der Waals surface area (Å²) in [6.45, 7) is 6.76. The van der Waals surface area contributed by atoms with Crippen molar-refractivity contribution in [2.45, 2.75) is 64.5 Å². The minimum Gasteiger partial charge on any atom is -0.330 e. The zero-order chi connectivity index (χ0) is 13.2. The predicted molar refractivity (Wildman–Crippen MR) is 75.6 cm³/mol. The summed E-state index contributed by atoms with van der Waals surface area (Å²) in [5.41, 5.74) is 1.31. The predicted octanol–water partition coefficient (Wildman–Crippen LogP) is 3.48. The lowest BCUT2D eigenvalue weighted by Crippen LogP contribution is -2.36.